The van der Waals surface area contributed by atoms with E-state index in [0.29, 0.717) is 6.04 Å². The SMILES string of the molecule is C[C@@H](CCc1ccccc1)NCc1ccc2c(c1)n(C)c(=O)n2C. The minimum Gasteiger partial charge on any atom is -0.310 e. The van der Waals surface area contributed by atoms with Crippen LogP contribution in [-0.4, -0.2) is 15.2 Å². The van der Waals surface area contributed by atoms with Gasteiger partial charge in [0.2, 0.25) is 0 Å². The minimum absolute atomic E-state index is 0.0198. The van der Waals surface area contributed by atoms with E-state index in [1.165, 1.54) is 11.1 Å². The fourth-order valence-corrected chi connectivity index (χ4v) is 3.08. The topological polar surface area (TPSA) is 39.0 Å². The monoisotopic (exact) mass is 323 g/mol. The highest BCUT2D eigenvalue weighted by atomic mass is 16.1. The maximum atomic E-state index is 12.0. The van der Waals surface area contributed by atoms with E-state index < -0.39 is 0 Å². The van der Waals surface area contributed by atoms with Crippen LogP contribution in [0.4, 0.5) is 0 Å². The summed E-state index contributed by atoms with van der Waals surface area (Å²) in [6, 6.07) is 17.3. The smallest absolute Gasteiger partial charge is 0.310 e. The molecular formula is C20H25N3O. The first-order valence-corrected chi connectivity index (χ1v) is 8.48. The van der Waals surface area contributed by atoms with Gasteiger partial charge in [0.25, 0.3) is 0 Å². The lowest BCUT2D eigenvalue weighted by Gasteiger charge is -2.14. The van der Waals surface area contributed by atoms with Crippen LogP contribution in [-0.2, 0) is 27.1 Å². The van der Waals surface area contributed by atoms with Gasteiger partial charge in [0, 0.05) is 26.7 Å². The van der Waals surface area contributed by atoms with E-state index in [2.05, 4.69) is 54.7 Å². The predicted octanol–water partition coefficient (Wildman–Crippen LogP) is 2.99. The molecule has 3 aromatic rings. The first-order chi connectivity index (χ1) is 11.6. The van der Waals surface area contributed by atoms with Crippen molar-refractivity contribution < 1.29 is 0 Å². The largest absolute Gasteiger partial charge is 0.328 e. The highest BCUT2D eigenvalue weighted by Gasteiger charge is 2.08. The van der Waals surface area contributed by atoms with Gasteiger partial charge in [-0.2, -0.15) is 0 Å². The first kappa shape index (κ1) is 16.5. The number of nitrogens with one attached hydrogen (secondary N) is 1. The summed E-state index contributed by atoms with van der Waals surface area (Å²) in [5, 5.41) is 3.58. The summed E-state index contributed by atoms with van der Waals surface area (Å²) in [4.78, 5) is 12.0. The van der Waals surface area contributed by atoms with E-state index in [4.69, 9.17) is 0 Å². The summed E-state index contributed by atoms with van der Waals surface area (Å²) >= 11 is 0. The van der Waals surface area contributed by atoms with E-state index in [1.807, 2.05) is 20.2 Å². The van der Waals surface area contributed by atoms with Gasteiger partial charge in [0.15, 0.2) is 0 Å². The van der Waals surface area contributed by atoms with Crippen LogP contribution in [0.1, 0.15) is 24.5 Å². The number of hydrogen-bond donors (Lipinski definition) is 1. The number of imidazole rings is 1. The average Bonchev–Trinajstić information content (AvgIpc) is 2.83. The maximum absolute atomic E-state index is 12.0. The van der Waals surface area contributed by atoms with Gasteiger partial charge in [-0.05, 0) is 43.0 Å². The third-order valence-electron chi connectivity index (χ3n) is 4.70. The third-order valence-corrected chi connectivity index (χ3v) is 4.70. The van der Waals surface area contributed by atoms with Gasteiger partial charge in [-0.3, -0.25) is 9.13 Å². The van der Waals surface area contributed by atoms with E-state index in [0.717, 1.165) is 30.4 Å². The van der Waals surface area contributed by atoms with E-state index in [9.17, 15) is 4.79 Å². The Morgan fingerprint density at radius 1 is 0.958 bits per heavy atom. The van der Waals surface area contributed by atoms with Crippen molar-refractivity contribution in [2.24, 2.45) is 14.1 Å². The number of hydrogen-bond acceptors (Lipinski definition) is 2. The molecular weight excluding hydrogens is 298 g/mol. The fourth-order valence-electron chi connectivity index (χ4n) is 3.08. The second-order valence-corrected chi connectivity index (χ2v) is 6.53. The minimum atomic E-state index is 0.0198. The molecule has 0 saturated heterocycles. The van der Waals surface area contributed by atoms with Gasteiger partial charge in [0.05, 0.1) is 11.0 Å². The molecule has 3 rings (SSSR count). The van der Waals surface area contributed by atoms with E-state index >= 15 is 0 Å². The molecule has 1 N–H and O–H groups in total. The fraction of sp³-hybridized carbons (Fsp3) is 0.350. The van der Waals surface area contributed by atoms with Crippen LogP contribution in [0.15, 0.2) is 53.3 Å². The van der Waals surface area contributed by atoms with Crippen molar-refractivity contribution in [3.63, 3.8) is 0 Å². The molecule has 126 valence electrons. The van der Waals surface area contributed by atoms with Gasteiger partial charge in [-0.15, -0.1) is 0 Å². The van der Waals surface area contributed by atoms with Gasteiger partial charge in [0.1, 0.15) is 0 Å². The zero-order chi connectivity index (χ0) is 17.1. The molecule has 1 atom stereocenters. The average molecular weight is 323 g/mol. The molecule has 2 aromatic carbocycles. The lowest BCUT2D eigenvalue weighted by Crippen LogP contribution is -2.26. The normalized spacial score (nSPS) is 12.6. The molecule has 0 spiro atoms. The molecule has 4 heteroatoms. The number of aromatic nitrogens is 2. The van der Waals surface area contributed by atoms with Crippen LogP contribution in [0.3, 0.4) is 0 Å². The molecule has 4 nitrogen and oxygen atoms in total. The molecule has 0 bridgehead atoms. The molecule has 0 aliphatic rings. The summed E-state index contributed by atoms with van der Waals surface area (Å²) in [6.45, 7) is 3.04. The second kappa shape index (κ2) is 7.05. The highest BCUT2D eigenvalue weighted by molar-refractivity contribution is 5.76. The Labute approximate surface area is 142 Å². The number of nitrogens with zero attached hydrogens (tertiary/aromatic N) is 2. The lowest BCUT2D eigenvalue weighted by atomic mass is 10.1. The molecule has 0 aliphatic heterocycles. The zero-order valence-electron chi connectivity index (χ0n) is 14.6. The van der Waals surface area contributed by atoms with E-state index in [1.54, 1.807) is 9.13 Å². The van der Waals surface area contributed by atoms with Crippen LogP contribution < -0.4 is 11.0 Å². The number of fused-ring (bicyclic) bond motifs is 1. The van der Waals surface area contributed by atoms with Crippen LogP contribution in [0.2, 0.25) is 0 Å². The summed E-state index contributed by atoms with van der Waals surface area (Å²) in [5.74, 6) is 0. The van der Waals surface area contributed by atoms with Crippen molar-refractivity contribution in [2.45, 2.75) is 32.4 Å². The first-order valence-electron chi connectivity index (χ1n) is 8.48. The standard InChI is InChI=1S/C20H25N3O/c1-15(9-10-16-7-5-4-6-8-16)21-14-17-11-12-18-19(13-17)23(3)20(24)22(18)2/h4-8,11-13,15,21H,9-10,14H2,1-3H3/t15-/m0/s1. The van der Waals surface area contributed by atoms with E-state index in [-0.39, 0.29) is 5.69 Å². The van der Waals surface area contributed by atoms with Crippen molar-refractivity contribution in [3.8, 4) is 0 Å². The second-order valence-electron chi connectivity index (χ2n) is 6.53. The molecule has 0 aliphatic carbocycles. The number of benzene rings is 2. The Morgan fingerprint density at radius 2 is 1.67 bits per heavy atom. The summed E-state index contributed by atoms with van der Waals surface area (Å²) in [6.07, 6.45) is 2.19. The maximum Gasteiger partial charge on any atom is 0.328 e. The summed E-state index contributed by atoms with van der Waals surface area (Å²) < 4.78 is 3.40. The molecule has 24 heavy (non-hydrogen) atoms. The Balaban J connectivity index is 1.61. The Hall–Kier alpha value is -2.33. The molecule has 1 heterocycles. The van der Waals surface area contributed by atoms with Crippen molar-refractivity contribution in [1.82, 2.24) is 14.5 Å². The van der Waals surface area contributed by atoms with Gasteiger partial charge >= 0.3 is 5.69 Å². The quantitative estimate of drug-likeness (QED) is 0.757. The van der Waals surface area contributed by atoms with Gasteiger partial charge in [-0.25, -0.2) is 4.79 Å². The molecule has 0 saturated carbocycles. The molecule has 0 radical (unpaired) electrons. The lowest BCUT2D eigenvalue weighted by molar-refractivity contribution is 0.514. The Bertz CT molecular complexity index is 877. The highest BCUT2D eigenvalue weighted by Crippen LogP contribution is 2.14. The molecule has 0 fully saturated rings. The van der Waals surface area contributed by atoms with Gasteiger partial charge < -0.3 is 5.32 Å². The zero-order valence-corrected chi connectivity index (χ0v) is 14.6. The molecule has 0 unspecified atom stereocenters. The van der Waals surface area contributed by atoms with Gasteiger partial charge in [-0.1, -0.05) is 36.4 Å². The van der Waals surface area contributed by atoms with Crippen molar-refractivity contribution in [2.75, 3.05) is 0 Å². The van der Waals surface area contributed by atoms with Crippen LogP contribution in [0.25, 0.3) is 11.0 Å². The predicted molar refractivity (Wildman–Crippen MR) is 99.2 cm³/mol. The number of aryl methyl sites for hydroxylation is 3. The van der Waals surface area contributed by atoms with Crippen molar-refractivity contribution >= 4 is 11.0 Å². The Kier molecular flexibility index (Phi) is 4.86. The number of rotatable bonds is 6. The summed E-state index contributed by atoms with van der Waals surface area (Å²) in [7, 11) is 3.64. The third kappa shape index (κ3) is 3.44. The van der Waals surface area contributed by atoms with Crippen molar-refractivity contribution in [3.05, 3.63) is 70.1 Å². The Morgan fingerprint density at radius 3 is 2.42 bits per heavy atom. The van der Waals surface area contributed by atoms with Crippen LogP contribution in [0, 0.1) is 0 Å². The van der Waals surface area contributed by atoms with Crippen LogP contribution >= 0.6 is 0 Å². The summed E-state index contributed by atoms with van der Waals surface area (Å²) in [5.41, 5.74) is 4.57. The molecule has 0 amide bonds. The molecule has 1 aromatic heterocycles. The van der Waals surface area contributed by atoms with Crippen LogP contribution in [0.5, 0.6) is 0 Å². The van der Waals surface area contributed by atoms with Crippen molar-refractivity contribution in [1.29, 1.82) is 0 Å².